The Balaban J connectivity index is 2.18. The highest BCUT2D eigenvalue weighted by atomic mass is 16.5. The van der Waals surface area contributed by atoms with Crippen molar-refractivity contribution >= 4 is 5.97 Å². The molecule has 3 nitrogen and oxygen atoms in total. The van der Waals surface area contributed by atoms with Crippen molar-refractivity contribution in [3.05, 3.63) is 28.8 Å². The molecule has 0 aliphatic heterocycles. The van der Waals surface area contributed by atoms with Crippen molar-refractivity contribution < 1.29 is 14.6 Å². The van der Waals surface area contributed by atoms with E-state index in [0.717, 1.165) is 24.8 Å². The Hall–Kier alpha value is -1.51. The normalized spacial score (nSPS) is 30.5. The first-order chi connectivity index (χ1) is 11.6. The minimum atomic E-state index is -0.194. The van der Waals surface area contributed by atoms with E-state index in [9.17, 15) is 9.90 Å². The molecule has 3 atom stereocenters. The average molecular weight is 344 g/mol. The van der Waals surface area contributed by atoms with Crippen LogP contribution in [0.3, 0.4) is 0 Å². The molecule has 25 heavy (non-hydrogen) atoms. The van der Waals surface area contributed by atoms with E-state index >= 15 is 0 Å². The van der Waals surface area contributed by atoms with Crippen LogP contribution in [0.2, 0.25) is 0 Å². The van der Waals surface area contributed by atoms with Gasteiger partial charge in [-0.05, 0) is 52.3 Å². The van der Waals surface area contributed by atoms with E-state index < -0.39 is 0 Å². The van der Waals surface area contributed by atoms with Crippen LogP contribution in [-0.2, 0) is 21.4 Å². The van der Waals surface area contributed by atoms with Crippen molar-refractivity contribution in [3.63, 3.8) is 0 Å². The summed E-state index contributed by atoms with van der Waals surface area (Å²) in [6.07, 6.45) is 4.05. The molecule has 1 N–H and O–H groups in total. The van der Waals surface area contributed by atoms with Crippen molar-refractivity contribution in [1.29, 1.82) is 0 Å². The fourth-order valence-corrected chi connectivity index (χ4v) is 5.77. The molecule has 0 amide bonds. The maximum absolute atomic E-state index is 11.8. The quantitative estimate of drug-likeness (QED) is 0.760. The fourth-order valence-electron chi connectivity index (χ4n) is 5.77. The summed E-state index contributed by atoms with van der Waals surface area (Å²) >= 11 is 0. The SMILES string of the molecule is CC(=O)O[C@H]1Cc2cc(C(C)C)c(O)cc2[C@@]2(C)CCCC(C)(C)[C@H]12. The second-order valence-corrected chi connectivity index (χ2v) is 9.31. The Labute approximate surface area is 151 Å². The molecule has 0 unspecified atom stereocenters. The number of phenols is 1. The van der Waals surface area contributed by atoms with Crippen LogP contribution >= 0.6 is 0 Å². The fraction of sp³-hybridized carbons (Fsp3) is 0.682. The largest absolute Gasteiger partial charge is 0.508 e. The molecule has 0 spiro atoms. The van der Waals surface area contributed by atoms with E-state index in [2.05, 4.69) is 40.7 Å². The van der Waals surface area contributed by atoms with Gasteiger partial charge in [-0.1, -0.05) is 47.1 Å². The molecule has 0 aromatic heterocycles. The summed E-state index contributed by atoms with van der Waals surface area (Å²) in [5.41, 5.74) is 3.52. The molecule has 1 aromatic rings. The van der Waals surface area contributed by atoms with Crippen molar-refractivity contribution in [2.45, 2.75) is 84.7 Å². The number of aromatic hydroxyl groups is 1. The summed E-state index contributed by atoms with van der Waals surface area (Å²) in [5.74, 6) is 0.753. The highest BCUT2D eigenvalue weighted by molar-refractivity contribution is 5.66. The van der Waals surface area contributed by atoms with Crippen LogP contribution in [0.1, 0.15) is 83.4 Å². The molecule has 0 bridgehead atoms. The predicted octanol–water partition coefficient (Wildman–Crippen LogP) is 5.09. The van der Waals surface area contributed by atoms with Crippen LogP contribution in [0.5, 0.6) is 5.75 Å². The molecule has 3 heteroatoms. The van der Waals surface area contributed by atoms with Gasteiger partial charge in [-0.15, -0.1) is 0 Å². The molecule has 0 radical (unpaired) electrons. The number of hydrogen-bond donors (Lipinski definition) is 1. The monoisotopic (exact) mass is 344 g/mol. The van der Waals surface area contributed by atoms with Crippen molar-refractivity contribution in [2.24, 2.45) is 11.3 Å². The molecule has 2 aliphatic carbocycles. The van der Waals surface area contributed by atoms with Crippen LogP contribution in [0.4, 0.5) is 0 Å². The Bertz CT molecular complexity index is 689. The van der Waals surface area contributed by atoms with Gasteiger partial charge in [-0.25, -0.2) is 0 Å². The number of carbonyl (C=O) groups is 1. The van der Waals surface area contributed by atoms with Gasteiger partial charge in [0.05, 0.1) is 0 Å². The van der Waals surface area contributed by atoms with E-state index in [-0.39, 0.29) is 34.7 Å². The number of ether oxygens (including phenoxy) is 1. The third-order valence-electron chi connectivity index (χ3n) is 6.65. The number of carbonyl (C=O) groups excluding carboxylic acids is 1. The Morgan fingerprint density at radius 2 is 1.92 bits per heavy atom. The lowest BCUT2D eigenvalue weighted by molar-refractivity contribution is -0.158. The topological polar surface area (TPSA) is 46.5 Å². The summed E-state index contributed by atoms with van der Waals surface area (Å²) in [6.45, 7) is 12.6. The molecular weight excluding hydrogens is 312 g/mol. The molecular formula is C22H32O3. The van der Waals surface area contributed by atoms with Crippen LogP contribution in [0.15, 0.2) is 12.1 Å². The second-order valence-electron chi connectivity index (χ2n) is 9.31. The van der Waals surface area contributed by atoms with Gasteiger partial charge in [0.15, 0.2) is 0 Å². The average Bonchev–Trinajstić information content (AvgIpc) is 2.45. The summed E-state index contributed by atoms with van der Waals surface area (Å²) in [4.78, 5) is 11.8. The number of benzene rings is 1. The zero-order chi connectivity index (χ0) is 18.6. The van der Waals surface area contributed by atoms with Gasteiger partial charge >= 0.3 is 5.97 Å². The Morgan fingerprint density at radius 1 is 1.24 bits per heavy atom. The van der Waals surface area contributed by atoms with E-state index in [1.54, 1.807) is 0 Å². The summed E-state index contributed by atoms with van der Waals surface area (Å²) in [7, 11) is 0. The summed E-state index contributed by atoms with van der Waals surface area (Å²) in [5, 5.41) is 10.6. The second kappa shape index (κ2) is 6.03. The number of esters is 1. The van der Waals surface area contributed by atoms with Crippen LogP contribution in [-0.4, -0.2) is 17.2 Å². The third kappa shape index (κ3) is 2.96. The zero-order valence-electron chi connectivity index (χ0n) is 16.5. The van der Waals surface area contributed by atoms with Gasteiger partial charge in [-0.2, -0.15) is 0 Å². The van der Waals surface area contributed by atoms with Crippen LogP contribution < -0.4 is 0 Å². The van der Waals surface area contributed by atoms with E-state index in [4.69, 9.17) is 4.74 Å². The number of hydrogen-bond acceptors (Lipinski definition) is 3. The van der Waals surface area contributed by atoms with Gasteiger partial charge in [0.25, 0.3) is 0 Å². The first-order valence-corrected chi connectivity index (χ1v) is 9.60. The highest BCUT2D eigenvalue weighted by Crippen LogP contribution is 2.58. The molecule has 3 rings (SSSR count). The van der Waals surface area contributed by atoms with E-state index in [1.807, 2.05) is 6.07 Å². The smallest absolute Gasteiger partial charge is 0.302 e. The third-order valence-corrected chi connectivity index (χ3v) is 6.65. The Kier molecular flexibility index (Phi) is 4.41. The molecule has 0 heterocycles. The minimum Gasteiger partial charge on any atom is -0.508 e. The van der Waals surface area contributed by atoms with E-state index in [0.29, 0.717) is 5.75 Å². The lowest BCUT2D eigenvalue weighted by atomic mass is 9.49. The van der Waals surface area contributed by atoms with Gasteiger partial charge in [0.1, 0.15) is 11.9 Å². The zero-order valence-corrected chi connectivity index (χ0v) is 16.5. The standard InChI is InChI=1S/C22H32O3/c1-13(2)16-10-15-11-19(25-14(3)23)20-21(4,5)8-7-9-22(20,6)17(15)12-18(16)24/h10,12-13,19-20,24H,7-9,11H2,1-6H3/t19-,20-,22+/m0/s1. The predicted molar refractivity (Wildman–Crippen MR) is 99.9 cm³/mol. The molecule has 1 aromatic carbocycles. The highest BCUT2D eigenvalue weighted by Gasteiger charge is 2.55. The Morgan fingerprint density at radius 3 is 2.52 bits per heavy atom. The van der Waals surface area contributed by atoms with Gasteiger partial charge < -0.3 is 9.84 Å². The van der Waals surface area contributed by atoms with Crippen molar-refractivity contribution in [3.8, 4) is 5.75 Å². The summed E-state index contributed by atoms with van der Waals surface area (Å²) in [6, 6.07) is 4.15. The molecule has 1 fully saturated rings. The van der Waals surface area contributed by atoms with Crippen LogP contribution in [0.25, 0.3) is 0 Å². The number of rotatable bonds is 2. The first-order valence-electron chi connectivity index (χ1n) is 9.60. The molecule has 138 valence electrons. The molecule has 0 saturated heterocycles. The first kappa shape index (κ1) is 18.3. The van der Waals surface area contributed by atoms with Crippen molar-refractivity contribution in [1.82, 2.24) is 0 Å². The summed E-state index contributed by atoms with van der Waals surface area (Å²) < 4.78 is 5.85. The van der Waals surface area contributed by atoms with Gasteiger partial charge in [0, 0.05) is 19.3 Å². The maximum atomic E-state index is 11.8. The van der Waals surface area contributed by atoms with E-state index in [1.165, 1.54) is 24.5 Å². The molecule has 2 aliphatic rings. The van der Waals surface area contributed by atoms with Gasteiger partial charge in [-0.3, -0.25) is 4.79 Å². The lowest BCUT2D eigenvalue weighted by Gasteiger charge is -2.56. The van der Waals surface area contributed by atoms with Crippen LogP contribution in [0, 0.1) is 11.3 Å². The lowest BCUT2D eigenvalue weighted by Crippen LogP contribution is -2.55. The maximum Gasteiger partial charge on any atom is 0.302 e. The minimum absolute atomic E-state index is 0.0670. The van der Waals surface area contributed by atoms with Gasteiger partial charge in [0.2, 0.25) is 0 Å². The number of fused-ring (bicyclic) bond motifs is 3. The molecule has 1 saturated carbocycles. The number of phenolic OH excluding ortho intramolecular Hbond substituents is 1. The van der Waals surface area contributed by atoms with Crippen molar-refractivity contribution in [2.75, 3.05) is 0 Å².